The Kier molecular flexibility index (Phi) is 3.70. The molecule has 84 valence electrons. The van der Waals surface area contributed by atoms with Crippen LogP contribution in [0.25, 0.3) is 10.8 Å². The van der Waals surface area contributed by atoms with Crippen molar-refractivity contribution in [3.05, 3.63) is 42.5 Å². The zero-order valence-corrected chi connectivity index (χ0v) is 9.73. The van der Waals surface area contributed by atoms with E-state index in [2.05, 4.69) is 18.7 Å². The molecule has 0 fully saturated rings. The van der Waals surface area contributed by atoms with E-state index in [-0.39, 0.29) is 6.61 Å². The van der Waals surface area contributed by atoms with Gasteiger partial charge in [0.15, 0.2) is 0 Å². The van der Waals surface area contributed by atoms with Gasteiger partial charge in [0.05, 0.1) is 6.10 Å². The van der Waals surface area contributed by atoms with Gasteiger partial charge in [-0.15, -0.1) is 0 Å². The molecular formula is C13H14O2S. The highest BCUT2D eigenvalue weighted by Gasteiger charge is 2.02. The first-order valence-corrected chi connectivity index (χ1v) is 5.83. The molecule has 16 heavy (non-hydrogen) atoms. The molecule has 1 atom stereocenters. The lowest BCUT2D eigenvalue weighted by molar-refractivity contribution is 0.127. The average molecular weight is 234 g/mol. The quantitative estimate of drug-likeness (QED) is 0.796. The van der Waals surface area contributed by atoms with E-state index in [1.165, 1.54) is 5.39 Å². The number of ether oxygens (including phenoxy) is 1. The van der Waals surface area contributed by atoms with Gasteiger partial charge in [-0.1, -0.05) is 30.3 Å². The van der Waals surface area contributed by atoms with Gasteiger partial charge in [0.2, 0.25) is 0 Å². The molecule has 0 amide bonds. The number of rotatable bonds is 4. The molecule has 1 N–H and O–H groups in total. The Hall–Kier alpha value is -1.19. The number of benzene rings is 2. The minimum Gasteiger partial charge on any atom is -0.491 e. The highest BCUT2D eigenvalue weighted by molar-refractivity contribution is 7.80. The molecule has 0 bridgehead atoms. The maximum absolute atomic E-state index is 9.33. The summed E-state index contributed by atoms with van der Waals surface area (Å²) in [7, 11) is 0. The Labute approximate surface area is 100 Å². The molecule has 2 aromatic rings. The lowest BCUT2D eigenvalue weighted by Gasteiger charge is -2.10. The summed E-state index contributed by atoms with van der Waals surface area (Å²) < 4.78 is 5.47. The van der Waals surface area contributed by atoms with Crippen LogP contribution in [0.1, 0.15) is 0 Å². The van der Waals surface area contributed by atoms with E-state index in [1.54, 1.807) is 0 Å². The lowest BCUT2D eigenvalue weighted by atomic mass is 10.1. The molecule has 3 heteroatoms. The minimum atomic E-state index is -0.519. The molecule has 0 aliphatic rings. The Morgan fingerprint density at radius 1 is 1.12 bits per heavy atom. The lowest BCUT2D eigenvalue weighted by Crippen LogP contribution is -2.18. The molecule has 0 spiro atoms. The number of aliphatic hydroxyl groups is 1. The van der Waals surface area contributed by atoms with Crippen molar-refractivity contribution in [3.63, 3.8) is 0 Å². The van der Waals surface area contributed by atoms with Crippen LogP contribution in [0, 0.1) is 0 Å². The number of hydrogen-bond donors (Lipinski definition) is 2. The number of thiol groups is 1. The van der Waals surface area contributed by atoms with E-state index in [9.17, 15) is 5.11 Å². The van der Waals surface area contributed by atoms with Gasteiger partial charge < -0.3 is 9.84 Å². The highest BCUT2D eigenvalue weighted by Crippen LogP contribution is 2.20. The predicted molar refractivity (Wildman–Crippen MR) is 69.3 cm³/mol. The van der Waals surface area contributed by atoms with Crippen LogP contribution in [-0.4, -0.2) is 23.6 Å². The van der Waals surface area contributed by atoms with Crippen LogP contribution in [0.3, 0.4) is 0 Å². The summed E-state index contributed by atoms with van der Waals surface area (Å²) in [6.45, 7) is 0.280. The highest BCUT2D eigenvalue weighted by atomic mass is 32.1. The minimum absolute atomic E-state index is 0.280. The Balaban J connectivity index is 2.13. The summed E-state index contributed by atoms with van der Waals surface area (Å²) in [4.78, 5) is 0. The third-order valence-electron chi connectivity index (χ3n) is 2.37. The van der Waals surface area contributed by atoms with Crippen molar-refractivity contribution in [1.29, 1.82) is 0 Å². The molecule has 2 nitrogen and oxygen atoms in total. The van der Waals surface area contributed by atoms with Crippen LogP contribution in [0.5, 0.6) is 5.75 Å². The summed E-state index contributed by atoms with van der Waals surface area (Å²) >= 11 is 3.99. The van der Waals surface area contributed by atoms with Crippen molar-refractivity contribution in [2.24, 2.45) is 0 Å². The van der Waals surface area contributed by atoms with E-state index in [0.29, 0.717) is 5.75 Å². The second-order valence-corrected chi connectivity index (χ2v) is 4.02. The second kappa shape index (κ2) is 5.23. The van der Waals surface area contributed by atoms with E-state index in [0.717, 1.165) is 11.1 Å². The number of aliphatic hydroxyl groups excluding tert-OH is 1. The van der Waals surface area contributed by atoms with Crippen molar-refractivity contribution in [2.45, 2.75) is 6.10 Å². The van der Waals surface area contributed by atoms with E-state index in [1.807, 2.05) is 36.4 Å². The molecular weight excluding hydrogens is 220 g/mol. The van der Waals surface area contributed by atoms with Crippen LogP contribution >= 0.6 is 12.6 Å². The van der Waals surface area contributed by atoms with Gasteiger partial charge in [-0.05, 0) is 22.9 Å². The molecule has 0 aliphatic heterocycles. The Morgan fingerprint density at radius 2 is 1.88 bits per heavy atom. The van der Waals surface area contributed by atoms with Crippen molar-refractivity contribution >= 4 is 23.4 Å². The predicted octanol–water partition coefficient (Wildman–Crippen LogP) is 2.51. The third-order valence-corrected chi connectivity index (χ3v) is 2.80. The normalized spacial score (nSPS) is 12.6. The molecule has 0 heterocycles. The number of fused-ring (bicyclic) bond motifs is 1. The van der Waals surface area contributed by atoms with Gasteiger partial charge in [-0.2, -0.15) is 12.6 Å². The van der Waals surface area contributed by atoms with Gasteiger partial charge >= 0.3 is 0 Å². The van der Waals surface area contributed by atoms with Crippen LogP contribution in [0.15, 0.2) is 42.5 Å². The van der Waals surface area contributed by atoms with E-state index >= 15 is 0 Å². The zero-order chi connectivity index (χ0) is 11.4. The van der Waals surface area contributed by atoms with Gasteiger partial charge in [-0.25, -0.2) is 0 Å². The standard InChI is InChI=1S/C13H14O2S/c14-12(9-16)8-15-13-6-5-10-3-1-2-4-11(10)7-13/h1-7,12,14,16H,8-9H2. The zero-order valence-electron chi connectivity index (χ0n) is 8.84. The molecule has 0 saturated carbocycles. The van der Waals surface area contributed by atoms with Gasteiger partial charge in [-0.3, -0.25) is 0 Å². The Bertz CT molecular complexity index is 470. The molecule has 2 aromatic carbocycles. The second-order valence-electron chi connectivity index (χ2n) is 3.66. The molecule has 0 radical (unpaired) electrons. The van der Waals surface area contributed by atoms with E-state index in [4.69, 9.17) is 4.74 Å². The number of hydrogen-bond acceptors (Lipinski definition) is 3. The third kappa shape index (κ3) is 2.68. The Morgan fingerprint density at radius 3 is 2.62 bits per heavy atom. The fraction of sp³-hybridized carbons (Fsp3) is 0.231. The monoisotopic (exact) mass is 234 g/mol. The summed E-state index contributed by atoms with van der Waals surface area (Å²) in [5.41, 5.74) is 0. The summed E-state index contributed by atoms with van der Waals surface area (Å²) in [6, 6.07) is 14.0. The average Bonchev–Trinajstić information content (AvgIpc) is 2.35. The first kappa shape index (κ1) is 11.3. The van der Waals surface area contributed by atoms with Crippen LogP contribution in [-0.2, 0) is 0 Å². The molecule has 0 aliphatic carbocycles. The molecule has 2 rings (SSSR count). The van der Waals surface area contributed by atoms with Crippen LogP contribution in [0.4, 0.5) is 0 Å². The SMILES string of the molecule is OC(CS)COc1ccc2ccccc2c1. The first-order chi connectivity index (χ1) is 7.79. The van der Waals surface area contributed by atoms with Gasteiger partial charge in [0, 0.05) is 5.75 Å². The van der Waals surface area contributed by atoms with Gasteiger partial charge in [0.1, 0.15) is 12.4 Å². The maximum Gasteiger partial charge on any atom is 0.120 e. The van der Waals surface area contributed by atoms with Crippen molar-refractivity contribution in [2.75, 3.05) is 12.4 Å². The van der Waals surface area contributed by atoms with Crippen molar-refractivity contribution < 1.29 is 9.84 Å². The largest absolute Gasteiger partial charge is 0.491 e. The molecule has 0 saturated heterocycles. The first-order valence-electron chi connectivity index (χ1n) is 5.20. The summed E-state index contributed by atoms with van der Waals surface area (Å²) in [6.07, 6.45) is -0.519. The van der Waals surface area contributed by atoms with Gasteiger partial charge in [0.25, 0.3) is 0 Å². The van der Waals surface area contributed by atoms with Crippen molar-refractivity contribution in [3.8, 4) is 5.75 Å². The van der Waals surface area contributed by atoms with Crippen molar-refractivity contribution in [1.82, 2.24) is 0 Å². The smallest absolute Gasteiger partial charge is 0.120 e. The maximum atomic E-state index is 9.33. The summed E-state index contributed by atoms with van der Waals surface area (Å²) in [5, 5.41) is 11.7. The van der Waals surface area contributed by atoms with Crippen LogP contribution in [0.2, 0.25) is 0 Å². The fourth-order valence-electron chi connectivity index (χ4n) is 1.50. The van der Waals surface area contributed by atoms with E-state index < -0.39 is 6.10 Å². The summed E-state index contributed by atoms with van der Waals surface area (Å²) in [5.74, 6) is 1.19. The molecule has 1 unspecified atom stereocenters. The fourth-order valence-corrected chi connectivity index (χ4v) is 1.61. The topological polar surface area (TPSA) is 29.5 Å². The molecule has 0 aromatic heterocycles. The van der Waals surface area contributed by atoms with Crippen LogP contribution < -0.4 is 4.74 Å².